The van der Waals surface area contributed by atoms with Crippen molar-refractivity contribution < 1.29 is 37.0 Å². The highest BCUT2D eigenvalue weighted by Crippen LogP contribution is 2.40. The van der Waals surface area contributed by atoms with Crippen LogP contribution in [-0.4, -0.2) is 83.9 Å². The van der Waals surface area contributed by atoms with Crippen LogP contribution in [0.5, 0.6) is 5.75 Å². The summed E-state index contributed by atoms with van der Waals surface area (Å²) in [5.41, 5.74) is 1.45. The van der Waals surface area contributed by atoms with Crippen LogP contribution in [0.1, 0.15) is 70.6 Å². The van der Waals surface area contributed by atoms with Gasteiger partial charge in [-0.25, -0.2) is 22.9 Å². The molecule has 12 nitrogen and oxygen atoms in total. The molecule has 2 heterocycles. The van der Waals surface area contributed by atoms with E-state index in [0.717, 1.165) is 16.1 Å². The number of ether oxygens (including phenoxy) is 1. The van der Waals surface area contributed by atoms with Crippen LogP contribution in [-0.2, 0) is 31.0 Å². The summed E-state index contributed by atoms with van der Waals surface area (Å²) in [5, 5.41) is 21.0. The van der Waals surface area contributed by atoms with Crippen molar-refractivity contribution in [1.29, 1.82) is 0 Å². The van der Waals surface area contributed by atoms with Crippen molar-refractivity contribution in [3.63, 3.8) is 0 Å². The minimum Gasteiger partial charge on any atom is -0.493 e. The first-order chi connectivity index (χ1) is 21.5. The molecule has 1 saturated heterocycles. The van der Waals surface area contributed by atoms with E-state index in [2.05, 4.69) is 15.6 Å². The first-order valence-corrected chi connectivity index (χ1v) is 18.0. The summed E-state index contributed by atoms with van der Waals surface area (Å²) in [7, 11) is -3.52. The number of unbranched alkanes of at least 4 members (excludes halogenated alkanes) is 2. The highest BCUT2D eigenvalue weighted by Gasteiger charge is 2.53. The molecule has 1 aliphatic heterocycles. The van der Waals surface area contributed by atoms with Gasteiger partial charge in [-0.15, -0.1) is 11.3 Å². The Morgan fingerprint density at radius 3 is 2.57 bits per heavy atom. The highest BCUT2D eigenvalue weighted by molar-refractivity contribution is 7.89. The van der Waals surface area contributed by atoms with Gasteiger partial charge in [0, 0.05) is 25.1 Å². The minimum atomic E-state index is -3.52. The van der Waals surface area contributed by atoms with E-state index in [9.17, 15) is 32.3 Å². The summed E-state index contributed by atoms with van der Waals surface area (Å²) in [5.74, 6) is -1.44. The Morgan fingerprint density at radius 2 is 1.96 bits per heavy atom. The van der Waals surface area contributed by atoms with Crippen molar-refractivity contribution in [2.45, 2.75) is 96.6 Å². The van der Waals surface area contributed by atoms with E-state index in [1.807, 2.05) is 25.1 Å². The molecule has 4 rings (SSSR count). The number of likely N-dealkylation sites (tertiary alicyclic amines) is 1. The third-order valence-electron chi connectivity index (χ3n) is 8.21. The highest BCUT2D eigenvalue weighted by atomic mass is 32.2. The molecular formula is C31H44FN5O7S2. The average molecular weight is 682 g/mol. The van der Waals surface area contributed by atoms with E-state index < -0.39 is 57.0 Å². The van der Waals surface area contributed by atoms with Gasteiger partial charge >= 0.3 is 0 Å². The number of nitrogens with one attached hydrogen (secondary N) is 2. The Balaban J connectivity index is 1.45. The lowest BCUT2D eigenvalue weighted by Gasteiger charge is -2.35. The number of primary sulfonamides is 1. The van der Waals surface area contributed by atoms with Crippen LogP contribution in [0.15, 0.2) is 23.7 Å². The zero-order valence-electron chi connectivity index (χ0n) is 26.7. The lowest BCUT2D eigenvalue weighted by Crippen LogP contribution is -2.59. The van der Waals surface area contributed by atoms with Crippen molar-refractivity contribution in [1.82, 2.24) is 20.5 Å². The minimum absolute atomic E-state index is 0.0148. The first-order valence-electron chi connectivity index (χ1n) is 15.4. The standard InChI is InChI=1S/C31H44FN5O7S2/c1-19-25(45-18-35-19)20-8-9-21(24(14-20)44-12-6-5-7-13-46(33,42)43)16-34-27(39)23-15-22(38)17-37(23)28(40)26(30(2,3)4)36-29(41)31(32)10-11-31/h8-9,14,18,22-23,26,38H,5-7,10-13,15-17H2,1-4H3,(H,34,39)(H,36,41)(H2,33,42,43)/t22-,23+,26-/m1/s1. The molecule has 2 fully saturated rings. The van der Waals surface area contributed by atoms with Gasteiger partial charge in [0.15, 0.2) is 5.67 Å². The van der Waals surface area contributed by atoms with Gasteiger partial charge in [-0.2, -0.15) is 0 Å². The van der Waals surface area contributed by atoms with Gasteiger partial charge in [0.2, 0.25) is 21.8 Å². The van der Waals surface area contributed by atoms with Crippen LogP contribution < -0.4 is 20.5 Å². The van der Waals surface area contributed by atoms with E-state index >= 15 is 0 Å². The first kappa shape index (κ1) is 35.7. The quantitative estimate of drug-likeness (QED) is 0.220. The van der Waals surface area contributed by atoms with Crippen molar-refractivity contribution >= 4 is 39.1 Å². The molecule has 1 aromatic carbocycles. The number of aliphatic hydroxyl groups excluding tert-OH is 1. The van der Waals surface area contributed by atoms with Crippen molar-refractivity contribution in [2.24, 2.45) is 10.6 Å². The van der Waals surface area contributed by atoms with Crippen LogP contribution in [0.2, 0.25) is 0 Å². The largest absolute Gasteiger partial charge is 0.493 e. The van der Waals surface area contributed by atoms with E-state index in [1.54, 1.807) is 26.3 Å². The molecule has 0 spiro atoms. The maximum Gasteiger partial charge on any atom is 0.258 e. The fourth-order valence-electron chi connectivity index (χ4n) is 5.34. The molecule has 3 atom stereocenters. The maximum absolute atomic E-state index is 14.5. The number of rotatable bonds is 14. The van der Waals surface area contributed by atoms with Crippen molar-refractivity contribution in [3.05, 3.63) is 35.0 Å². The maximum atomic E-state index is 14.5. The lowest BCUT2D eigenvalue weighted by atomic mass is 9.85. The van der Waals surface area contributed by atoms with Gasteiger partial charge in [-0.1, -0.05) is 32.9 Å². The summed E-state index contributed by atoms with van der Waals surface area (Å²) in [4.78, 5) is 46.3. The molecule has 0 bridgehead atoms. The number of aryl methyl sites for hydroxylation is 1. The molecule has 1 aliphatic carbocycles. The molecule has 46 heavy (non-hydrogen) atoms. The number of alkyl halides is 1. The van der Waals surface area contributed by atoms with E-state index in [0.29, 0.717) is 37.2 Å². The van der Waals surface area contributed by atoms with Crippen LogP contribution in [0.3, 0.4) is 0 Å². The predicted molar refractivity (Wildman–Crippen MR) is 172 cm³/mol. The Kier molecular flexibility index (Phi) is 11.1. The number of sulfonamides is 1. The van der Waals surface area contributed by atoms with Gasteiger partial charge in [0.25, 0.3) is 5.91 Å². The molecule has 2 aliphatic rings. The number of β-amino-alcohol motifs (C(OH)–C–C–N with tert-alkyl or cyclic N) is 1. The SMILES string of the molecule is Cc1ncsc1-c1ccc(CNC(=O)[C@@H]2C[C@@H](O)CN2C(=O)[C@@H](NC(=O)C2(F)CC2)C(C)(C)C)c(OCCCCCS(N)(=O)=O)c1. The van der Waals surface area contributed by atoms with Crippen molar-refractivity contribution in [3.8, 4) is 16.2 Å². The molecule has 0 unspecified atom stereocenters. The molecule has 5 N–H and O–H groups in total. The van der Waals surface area contributed by atoms with Crippen LogP contribution in [0, 0.1) is 12.3 Å². The molecule has 0 radical (unpaired) electrons. The number of halogens is 1. The zero-order chi connectivity index (χ0) is 33.9. The molecular weight excluding hydrogens is 638 g/mol. The predicted octanol–water partition coefficient (Wildman–Crippen LogP) is 2.57. The second kappa shape index (κ2) is 14.3. The van der Waals surface area contributed by atoms with Gasteiger partial charge in [0.05, 0.1) is 34.5 Å². The third-order valence-corrected chi connectivity index (χ3v) is 10.0. The number of carbonyl (C=O) groups is 3. The number of nitrogens with two attached hydrogens (primary N) is 1. The Morgan fingerprint density at radius 1 is 1.24 bits per heavy atom. The third kappa shape index (κ3) is 9.23. The van der Waals surface area contributed by atoms with Crippen LogP contribution in [0.25, 0.3) is 10.4 Å². The molecule has 15 heteroatoms. The van der Waals surface area contributed by atoms with Crippen molar-refractivity contribution in [2.75, 3.05) is 18.9 Å². The number of aliphatic hydroxyl groups is 1. The Bertz CT molecular complexity index is 1540. The van der Waals surface area contributed by atoms with E-state index in [1.165, 1.54) is 16.2 Å². The number of aromatic nitrogens is 1. The number of carbonyl (C=O) groups excluding carboxylic acids is 3. The van der Waals surface area contributed by atoms with Gasteiger partial charge in [-0.3, -0.25) is 14.4 Å². The molecule has 3 amide bonds. The molecule has 254 valence electrons. The van der Waals surface area contributed by atoms with E-state index in [-0.39, 0.29) is 38.1 Å². The number of benzene rings is 1. The molecule has 1 saturated carbocycles. The smallest absolute Gasteiger partial charge is 0.258 e. The summed E-state index contributed by atoms with van der Waals surface area (Å²) < 4.78 is 43.0. The number of amides is 3. The Hall–Kier alpha value is -3.14. The summed E-state index contributed by atoms with van der Waals surface area (Å²) in [6.07, 6.45) is 0.896. The molecule has 2 aromatic rings. The summed E-state index contributed by atoms with van der Waals surface area (Å²) in [6, 6.07) is 3.53. The number of hydrogen-bond acceptors (Lipinski definition) is 9. The van der Waals surface area contributed by atoms with Gasteiger partial charge in [0.1, 0.15) is 17.8 Å². The number of hydrogen-bond donors (Lipinski definition) is 4. The summed E-state index contributed by atoms with van der Waals surface area (Å²) in [6.45, 7) is 7.43. The average Bonchev–Trinajstić information content (AvgIpc) is 3.38. The fraction of sp³-hybridized carbons (Fsp3) is 0.613. The second-order valence-corrected chi connectivity index (χ2v) is 15.8. The van der Waals surface area contributed by atoms with E-state index in [4.69, 9.17) is 9.88 Å². The van der Waals surface area contributed by atoms with Crippen LogP contribution in [0.4, 0.5) is 4.39 Å². The second-order valence-electron chi connectivity index (χ2n) is 13.2. The Labute approximate surface area is 273 Å². The number of thiazole rings is 1. The number of nitrogens with zero attached hydrogens (tertiary/aromatic N) is 2. The van der Waals surface area contributed by atoms with Gasteiger partial charge < -0.3 is 25.4 Å². The normalized spacial score (nSPS) is 19.8. The molecule has 1 aromatic heterocycles. The zero-order valence-corrected chi connectivity index (χ0v) is 28.3. The van der Waals surface area contributed by atoms with Crippen LogP contribution >= 0.6 is 11.3 Å². The monoisotopic (exact) mass is 681 g/mol. The fourth-order valence-corrected chi connectivity index (χ4v) is 6.75. The summed E-state index contributed by atoms with van der Waals surface area (Å²) >= 11 is 1.49. The lowest BCUT2D eigenvalue weighted by molar-refractivity contribution is -0.145. The van der Waals surface area contributed by atoms with Gasteiger partial charge in [-0.05, 0) is 56.1 Å². The topological polar surface area (TPSA) is 181 Å².